The van der Waals surface area contributed by atoms with Crippen LogP contribution in [0.2, 0.25) is 0 Å². The predicted octanol–water partition coefficient (Wildman–Crippen LogP) is 0.970. The number of carboxylic acid groups (broad SMARTS) is 1. The summed E-state index contributed by atoms with van der Waals surface area (Å²) in [5.41, 5.74) is -0.632. The summed E-state index contributed by atoms with van der Waals surface area (Å²) in [6, 6.07) is 8.66. The third-order valence-electron chi connectivity index (χ3n) is 3.44. The minimum Gasteiger partial charge on any atom is -0.481 e. The molecule has 1 aromatic rings. The fraction of sp³-hybridized carbons (Fsp3) is 0.467. The van der Waals surface area contributed by atoms with Crippen molar-refractivity contribution < 1.29 is 23.1 Å². The van der Waals surface area contributed by atoms with Crippen molar-refractivity contribution in [3.05, 3.63) is 35.9 Å². The molecule has 7 heteroatoms. The van der Waals surface area contributed by atoms with Crippen molar-refractivity contribution in [3.8, 4) is 0 Å². The number of nitrogens with one attached hydrogen (secondary N) is 1. The van der Waals surface area contributed by atoms with E-state index in [1.165, 1.54) is 0 Å². The van der Waals surface area contributed by atoms with Crippen molar-refractivity contribution in [3.63, 3.8) is 0 Å². The number of aliphatic carboxylic acids is 1. The van der Waals surface area contributed by atoms with Crippen molar-refractivity contribution in [2.24, 2.45) is 0 Å². The lowest BCUT2D eigenvalue weighted by atomic mass is 9.82. The lowest BCUT2D eigenvalue weighted by Crippen LogP contribution is -2.44. The van der Waals surface area contributed by atoms with Gasteiger partial charge in [0.1, 0.15) is 15.3 Å². The molecule has 0 aliphatic carbocycles. The molecule has 1 amide bonds. The highest BCUT2D eigenvalue weighted by molar-refractivity contribution is 7.90. The summed E-state index contributed by atoms with van der Waals surface area (Å²) in [7, 11) is -3.09. The summed E-state index contributed by atoms with van der Waals surface area (Å²) in [6.07, 6.45) is 1.39. The fourth-order valence-corrected chi connectivity index (χ4v) is 2.63. The van der Waals surface area contributed by atoms with Gasteiger partial charge in [-0.25, -0.2) is 8.42 Å². The molecule has 1 aromatic carbocycles. The molecule has 0 bridgehead atoms. The molecule has 1 rings (SSSR count). The molecule has 0 aromatic heterocycles. The average molecular weight is 327 g/mol. The van der Waals surface area contributed by atoms with Gasteiger partial charge in [0.2, 0.25) is 5.91 Å². The molecule has 2 N–H and O–H groups in total. The maximum absolute atomic E-state index is 11.7. The first-order valence-corrected chi connectivity index (χ1v) is 8.94. The zero-order valence-corrected chi connectivity index (χ0v) is 13.5. The van der Waals surface area contributed by atoms with Crippen LogP contribution in [0.4, 0.5) is 0 Å². The van der Waals surface area contributed by atoms with E-state index in [0.717, 1.165) is 6.26 Å². The van der Waals surface area contributed by atoms with Crippen LogP contribution in [0.3, 0.4) is 0 Å². The van der Waals surface area contributed by atoms with Crippen molar-refractivity contribution in [1.82, 2.24) is 5.32 Å². The Morgan fingerprint density at radius 1 is 1.23 bits per heavy atom. The van der Waals surface area contributed by atoms with E-state index in [-0.39, 0.29) is 31.0 Å². The van der Waals surface area contributed by atoms with Gasteiger partial charge in [-0.15, -0.1) is 0 Å². The standard InChI is InChI=1S/C15H21NO5S/c1-15(14(18)19,12-7-4-3-5-8-12)11-16-13(17)9-6-10-22(2,20)21/h3-5,7-8H,6,9-11H2,1-2H3,(H,16,17)(H,18,19). The molecule has 0 saturated heterocycles. The van der Waals surface area contributed by atoms with Gasteiger partial charge in [-0.3, -0.25) is 9.59 Å². The minimum absolute atomic E-state index is 0.0515. The van der Waals surface area contributed by atoms with Crippen LogP contribution in [-0.2, 0) is 24.8 Å². The number of carboxylic acids is 1. The maximum Gasteiger partial charge on any atom is 0.315 e. The summed E-state index contributed by atoms with van der Waals surface area (Å²) in [6.45, 7) is 1.49. The zero-order chi connectivity index (χ0) is 16.8. The van der Waals surface area contributed by atoms with Crippen molar-refractivity contribution in [1.29, 1.82) is 0 Å². The first-order valence-electron chi connectivity index (χ1n) is 6.88. The summed E-state index contributed by atoms with van der Waals surface area (Å²) < 4.78 is 22.0. The monoisotopic (exact) mass is 327 g/mol. The van der Waals surface area contributed by atoms with Gasteiger partial charge in [0.05, 0.1) is 5.75 Å². The highest BCUT2D eigenvalue weighted by atomic mass is 32.2. The van der Waals surface area contributed by atoms with Crippen LogP contribution in [0.25, 0.3) is 0 Å². The summed E-state index contributed by atoms with van der Waals surface area (Å²) in [5, 5.41) is 12.0. The number of hydrogen-bond donors (Lipinski definition) is 2. The van der Waals surface area contributed by atoms with Crippen LogP contribution in [0.15, 0.2) is 30.3 Å². The molecule has 0 aliphatic rings. The van der Waals surface area contributed by atoms with Gasteiger partial charge in [-0.2, -0.15) is 0 Å². The molecule has 122 valence electrons. The molecule has 0 radical (unpaired) electrons. The summed E-state index contributed by atoms with van der Waals surface area (Å²) >= 11 is 0. The Balaban J connectivity index is 2.62. The number of rotatable bonds is 8. The highest BCUT2D eigenvalue weighted by Gasteiger charge is 2.35. The molecule has 22 heavy (non-hydrogen) atoms. The van der Waals surface area contributed by atoms with Crippen LogP contribution in [-0.4, -0.2) is 44.0 Å². The molecule has 0 fully saturated rings. The van der Waals surface area contributed by atoms with Crippen molar-refractivity contribution in [2.75, 3.05) is 18.6 Å². The molecule has 1 unspecified atom stereocenters. The lowest BCUT2D eigenvalue weighted by Gasteiger charge is -2.25. The van der Waals surface area contributed by atoms with E-state index in [4.69, 9.17) is 0 Å². The second-order valence-corrected chi connectivity index (χ2v) is 7.77. The van der Waals surface area contributed by atoms with Crippen LogP contribution < -0.4 is 5.32 Å². The van der Waals surface area contributed by atoms with Crippen LogP contribution in [0.5, 0.6) is 0 Å². The molecule has 0 aliphatic heterocycles. The third kappa shape index (κ3) is 5.48. The lowest BCUT2D eigenvalue weighted by molar-refractivity contribution is -0.143. The number of amides is 1. The fourth-order valence-electron chi connectivity index (χ4n) is 1.97. The minimum atomic E-state index is -3.09. The zero-order valence-electron chi connectivity index (χ0n) is 12.7. The van der Waals surface area contributed by atoms with Crippen LogP contribution in [0.1, 0.15) is 25.3 Å². The van der Waals surface area contributed by atoms with Gasteiger partial charge in [0.25, 0.3) is 0 Å². The van der Waals surface area contributed by atoms with Crippen molar-refractivity contribution in [2.45, 2.75) is 25.2 Å². The first-order chi connectivity index (χ1) is 10.1. The van der Waals surface area contributed by atoms with E-state index in [2.05, 4.69) is 5.32 Å². The normalized spacial score (nSPS) is 14.1. The quantitative estimate of drug-likeness (QED) is 0.741. The largest absolute Gasteiger partial charge is 0.481 e. The van der Waals surface area contributed by atoms with Gasteiger partial charge in [0, 0.05) is 19.2 Å². The van der Waals surface area contributed by atoms with Crippen LogP contribution >= 0.6 is 0 Å². The molecule has 0 spiro atoms. The van der Waals surface area contributed by atoms with Crippen molar-refractivity contribution >= 4 is 21.7 Å². The Morgan fingerprint density at radius 2 is 1.82 bits per heavy atom. The SMILES string of the molecule is CC(CNC(=O)CCCS(C)(=O)=O)(C(=O)O)c1ccccc1. The molecule has 6 nitrogen and oxygen atoms in total. The Labute approximate surface area is 130 Å². The Morgan fingerprint density at radius 3 is 2.32 bits per heavy atom. The Bertz CT molecular complexity index is 627. The first kappa shape index (κ1) is 18.2. The number of carbonyl (C=O) groups excluding carboxylic acids is 1. The van der Waals surface area contributed by atoms with E-state index >= 15 is 0 Å². The van der Waals surface area contributed by atoms with Gasteiger partial charge in [-0.05, 0) is 18.9 Å². The Kier molecular flexibility index (Phi) is 6.11. The highest BCUT2D eigenvalue weighted by Crippen LogP contribution is 2.23. The van der Waals surface area contributed by atoms with Gasteiger partial charge < -0.3 is 10.4 Å². The smallest absolute Gasteiger partial charge is 0.315 e. The van der Waals surface area contributed by atoms with Gasteiger partial charge in [0.15, 0.2) is 0 Å². The molecule has 0 saturated carbocycles. The summed E-state index contributed by atoms with van der Waals surface area (Å²) in [5.74, 6) is -1.45. The summed E-state index contributed by atoms with van der Waals surface area (Å²) in [4.78, 5) is 23.3. The second kappa shape index (κ2) is 7.40. The van der Waals surface area contributed by atoms with E-state index in [1.807, 2.05) is 0 Å². The number of sulfone groups is 1. The van der Waals surface area contributed by atoms with E-state index in [0.29, 0.717) is 5.56 Å². The van der Waals surface area contributed by atoms with Crippen LogP contribution in [0, 0.1) is 0 Å². The number of hydrogen-bond acceptors (Lipinski definition) is 4. The topological polar surface area (TPSA) is 101 Å². The number of carbonyl (C=O) groups is 2. The second-order valence-electron chi connectivity index (χ2n) is 5.51. The van der Waals surface area contributed by atoms with E-state index < -0.39 is 21.2 Å². The predicted molar refractivity (Wildman–Crippen MR) is 83.4 cm³/mol. The molecule has 0 heterocycles. The average Bonchev–Trinajstić information content (AvgIpc) is 2.44. The Hall–Kier alpha value is -1.89. The van der Waals surface area contributed by atoms with Gasteiger partial charge >= 0.3 is 5.97 Å². The molecular weight excluding hydrogens is 306 g/mol. The van der Waals surface area contributed by atoms with E-state index in [9.17, 15) is 23.1 Å². The van der Waals surface area contributed by atoms with E-state index in [1.54, 1.807) is 37.3 Å². The maximum atomic E-state index is 11.7. The van der Waals surface area contributed by atoms with Gasteiger partial charge in [-0.1, -0.05) is 30.3 Å². The third-order valence-corrected chi connectivity index (χ3v) is 4.47. The number of benzene rings is 1. The molecule has 1 atom stereocenters. The molecular formula is C15H21NO5S.